The second-order valence-corrected chi connectivity index (χ2v) is 5.40. The van der Waals surface area contributed by atoms with Gasteiger partial charge in [-0.05, 0) is 47.8 Å². The van der Waals surface area contributed by atoms with Crippen LogP contribution in [-0.4, -0.2) is 7.11 Å². The number of rotatable bonds is 1. The molecule has 1 nitrogen and oxygen atoms in total. The minimum Gasteiger partial charge on any atom is -0.495 e. The van der Waals surface area contributed by atoms with Crippen molar-refractivity contribution in [2.75, 3.05) is 7.11 Å². The van der Waals surface area contributed by atoms with Gasteiger partial charge in [-0.25, -0.2) is 0 Å². The first-order valence-electron chi connectivity index (χ1n) is 4.26. The Hall–Kier alpha value is -0.0600. The van der Waals surface area contributed by atoms with Crippen molar-refractivity contribution in [3.63, 3.8) is 0 Å². The van der Waals surface area contributed by atoms with E-state index in [9.17, 15) is 0 Å². The number of halogens is 3. The van der Waals surface area contributed by atoms with Gasteiger partial charge in [0.15, 0.2) is 0 Å². The lowest BCUT2D eigenvalue weighted by molar-refractivity contribution is 0.417. The summed E-state index contributed by atoms with van der Waals surface area (Å²) in [4.78, 5) is 0. The van der Waals surface area contributed by atoms with E-state index in [0.717, 1.165) is 29.9 Å². The van der Waals surface area contributed by atoms with Crippen molar-refractivity contribution in [1.29, 1.82) is 0 Å². The van der Waals surface area contributed by atoms with E-state index >= 15 is 0 Å². The van der Waals surface area contributed by atoms with E-state index in [1.54, 1.807) is 7.11 Å². The molecule has 0 spiro atoms. The zero-order valence-corrected chi connectivity index (χ0v) is 12.6. The molecule has 0 unspecified atom stereocenters. The van der Waals surface area contributed by atoms with Gasteiger partial charge < -0.3 is 4.74 Å². The average molecular weight is 395 g/mol. The van der Waals surface area contributed by atoms with E-state index < -0.39 is 0 Å². The summed E-state index contributed by atoms with van der Waals surface area (Å²) in [6.45, 7) is 0. The van der Waals surface area contributed by atoms with E-state index in [1.165, 1.54) is 0 Å². The SMILES string of the molecule is COc1c(Br)c(Br)c(Br)c2ccccc12. The second-order valence-electron chi connectivity index (χ2n) is 3.02. The highest BCUT2D eigenvalue weighted by Gasteiger charge is 2.14. The fourth-order valence-corrected chi connectivity index (χ4v) is 3.28. The van der Waals surface area contributed by atoms with Gasteiger partial charge in [0.2, 0.25) is 0 Å². The van der Waals surface area contributed by atoms with Crippen molar-refractivity contribution in [3.8, 4) is 5.75 Å². The molecule has 0 aliphatic heterocycles. The molecule has 0 saturated carbocycles. The summed E-state index contributed by atoms with van der Waals surface area (Å²) in [5.74, 6) is 0.848. The minimum absolute atomic E-state index is 0.848. The Labute approximate surface area is 113 Å². The predicted molar refractivity (Wildman–Crippen MR) is 73.6 cm³/mol. The number of fused-ring (bicyclic) bond motifs is 1. The van der Waals surface area contributed by atoms with Crippen LogP contribution >= 0.6 is 47.8 Å². The molecule has 15 heavy (non-hydrogen) atoms. The van der Waals surface area contributed by atoms with Crippen LogP contribution in [0.15, 0.2) is 37.7 Å². The van der Waals surface area contributed by atoms with E-state index in [2.05, 4.69) is 53.9 Å². The Balaban J connectivity index is 2.98. The summed E-state index contributed by atoms with van der Waals surface area (Å²) < 4.78 is 8.33. The molecule has 4 heteroatoms. The number of benzene rings is 2. The Morgan fingerprint density at radius 3 is 2.07 bits per heavy atom. The molecule has 0 atom stereocenters. The Morgan fingerprint density at radius 2 is 1.47 bits per heavy atom. The first-order valence-corrected chi connectivity index (χ1v) is 6.64. The second kappa shape index (κ2) is 4.44. The van der Waals surface area contributed by atoms with Gasteiger partial charge in [0.1, 0.15) is 5.75 Å². The molecule has 0 fully saturated rings. The molecule has 0 aliphatic rings. The lowest BCUT2D eigenvalue weighted by Gasteiger charge is -2.11. The van der Waals surface area contributed by atoms with E-state index in [0.29, 0.717) is 0 Å². The van der Waals surface area contributed by atoms with Crippen LogP contribution in [0, 0.1) is 0 Å². The van der Waals surface area contributed by atoms with Crippen LogP contribution in [0.5, 0.6) is 5.75 Å². The van der Waals surface area contributed by atoms with Crippen molar-refractivity contribution in [2.45, 2.75) is 0 Å². The van der Waals surface area contributed by atoms with Crippen LogP contribution in [-0.2, 0) is 0 Å². The third-order valence-electron chi connectivity index (χ3n) is 2.20. The van der Waals surface area contributed by atoms with Crippen molar-refractivity contribution in [1.82, 2.24) is 0 Å². The predicted octanol–water partition coefficient (Wildman–Crippen LogP) is 5.14. The zero-order chi connectivity index (χ0) is 11.0. The maximum absolute atomic E-state index is 5.40. The molecule has 2 aromatic carbocycles. The molecule has 0 saturated heterocycles. The Kier molecular flexibility index (Phi) is 3.38. The van der Waals surface area contributed by atoms with Crippen molar-refractivity contribution in [3.05, 3.63) is 37.7 Å². The summed E-state index contributed by atoms with van der Waals surface area (Å²) >= 11 is 10.6. The fraction of sp³-hybridized carbons (Fsp3) is 0.0909. The maximum atomic E-state index is 5.40. The topological polar surface area (TPSA) is 9.23 Å². The van der Waals surface area contributed by atoms with Crippen LogP contribution in [0.25, 0.3) is 10.8 Å². The maximum Gasteiger partial charge on any atom is 0.142 e. The summed E-state index contributed by atoms with van der Waals surface area (Å²) in [5.41, 5.74) is 0. The molecular formula is C11H7Br3O. The largest absolute Gasteiger partial charge is 0.495 e. The lowest BCUT2D eigenvalue weighted by Crippen LogP contribution is -1.89. The number of ether oxygens (including phenoxy) is 1. The van der Waals surface area contributed by atoms with Crippen LogP contribution in [0.4, 0.5) is 0 Å². The zero-order valence-electron chi connectivity index (χ0n) is 7.85. The molecular weight excluding hydrogens is 388 g/mol. The van der Waals surface area contributed by atoms with Gasteiger partial charge in [0.25, 0.3) is 0 Å². The van der Waals surface area contributed by atoms with Gasteiger partial charge in [-0.1, -0.05) is 24.3 Å². The molecule has 0 aliphatic carbocycles. The van der Waals surface area contributed by atoms with Crippen molar-refractivity contribution < 1.29 is 4.74 Å². The Morgan fingerprint density at radius 1 is 0.867 bits per heavy atom. The van der Waals surface area contributed by atoms with Crippen LogP contribution in [0.1, 0.15) is 0 Å². The first-order chi connectivity index (χ1) is 7.16. The van der Waals surface area contributed by atoms with Gasteiger partial charge in [0.05, 0.1) is 16.1 Å². The van der Waals surface area contributed by atoms with Gasteiger partial charge in [0, 0.05) is 15.2 Å². The smallest absolute Gasteiger partial charge is 0.142 e. The number of hydrogen-bond donors (Lipinski definition) is 0. The molecule has 0 radical (unpaired) electrons. The van der Waals surface area contributed by atoms with Crippen LogP contribution in [0.2, 0.25) is 0 Å². The van der Waals surface area contributed by atoms with Gasteiger partial charge >= 0.3 is 0 Å². The molecule has 0 N–H and O–H groups in total. The summed E-state index contributed by atoms with van der Waals surface area (Å²) in [7, 11) is 1.67. The third-order valence-corrected chi connectivity index (χ3v) is 5.63. The molecule has 2 rings (SSSR count). The third kappa shape index (κ3) is 1.83. The van der Waals surface area contributed by atoms with Gasteiger partial charge in [-0.15, -0.1) is 0 Å². The van der Waals surface area contributed by atoms with Gasteiger partial charge in [-0.3, -0.25) is 0 Å². The fourth-order valence-electron chi connectivity index (χ4n) is 1.50. The first kappa shape index (κ1) is 11.4. The average Bonchev–Trinajstić information content (AvgIpc) is 2.27. The normalized spacial score (nSPS) is 10.7. The van der Waals surface area contributed by atoms with Crippen LogP contribution in [0.3, 0.4) is 0 Å². The van der Waals surface area contributed by atoms with E-state index in [4.69, 9.17) is 4.74 Å². The molecule has 0 heterocycles. The summed E-state index contributed by atoms with van der Waals surface area (Å²) in [5, 5.41) is 2.21. The molecule has 78 valence electrons. The summed E-state index contributed by atoms with van der Waals surface area (Å²) in [6.07, 6.45) is 0. The number of hydrogen-bond acceptors (Lipinski definition) is 1. The van der Waals surface area contributed by atoms with Crippen LogP contribution < -0.4 is 4.74 Å². The highest BCUT2D eigenvalue weighted by molar-refractivity contribution is 9.14. The van der Waals surface area contributed by atoms with Crippen molar-refractivity contribution in [2.24, 2.45) is 0 Å². The van der Waals surface area contributed by atoms with Gasteiger partial charge in [-0.2, -0.15) is 0 Å². The monoisotopic (exact) mass is 392 g/mol. The Bertz CT molecular complexity index is 523. The highest BCUT2D eigenvalue weighted by Crippen LogP contribution is 2.44. The highest BCUT2D eigenvalue weighted by atomic mass is 79.9. The van der Waals surface area contributed by atoms with E-state index in [1.807, 2.05) is 18.2 Å². The molecule has 2 aromatic rings. The molecule has 0 amide bonds. The van der Waals surface area contributed by atoms with Crippen molar-refractivity contribution >= 4 is 58.6 Å². The molecule has 0 bridgehead atoms. The summed E-state index contributed by atoms with van der Waals surface area (Å²) in [6, 6.07) is 8.10. The standard InChI is InChI=1S/C11H7Br3O/c1-15-11-7-5-3-2-4-6(7)8(12)9(13)10(11)14/h2-5H,1H3. The minimum atomic E-state index is 0.848. The molecule has 0 aromatic heterocycles. The van der Waals surface area contributed by atoms with E-state index in [-0.39, 0.29) is 0 Å². The quantitative estimate of drug-likeness (QED) is 0.609. The lowest BCUT2D eigenvalue weighted by atomic mass is 10.1. The number of methoxy groups -OCH3 is 1.